The van der Waals surface area contributed by atoms with Gasteiger partial charge in [0.1, 0.15) is 5.75 Å². The van der Waals surface area contributed by atoms with Crippen LogP contribution in [0.5, 0.6) is 5.75 Å². The highest BCUT2D eigenvalue weighted by atomic mass is 16.5. The van der Waals surface area contributed by atoms with Crippen molar-refractivity contribution in [3.63, 3.8) is 0 Å². The third kappa shape index (κ3) is 3.70. The van der Waals surface area contributed by atoms with Gasteiger partial charge in [-0.2, -0.15) is 0 Å². The summed E-state index contributed by atoms with van der Waals surface area (Å²) in [6.45, 7) is 2.56. The largest absolute Gasteiger partial charge is 0.496 e. The fourth-order valence-corrected chi connectivity index (χ4v) is 4.13. The molecule has 0 aromatic heterocycles. The predicted molar refractivity (Wildman–Crippen MR) is 97.9 cm³/mol. The first kappa shape index (κ1) is 18.7. The molecule has 0 radical (unpaired) electrons. The van der Waals surface area contributed by atoms with Gasteiger partial charge in [0.15, 0.2) is 0 Å². The summed E-state index contributed by atoms with van der Waals surface area (Å²) in [5, 5.41) is 0. The van der Waals surface area contributed by atoms with Gasteiger partial charge in [-0.25, -0.2) is 0 Å². The zero-order chi connectivity index (χ0) is 18.5. The minimum atomic E-state index is -0.310. The third-order valence-corrected chi connectivity index (χ3v) is 5.44. The van der Waals surface area contributed by atoms with Crippen molar-refractivity contribution in [2.24, 2.45) is 5.92 Å². The van der Waals surface area contributed by atoms with Crippen molar-refractivity contribution in [1.29, 1.82) is 0 Å². The van der Waals surface area contributed by atoms with Crippen molar-refractivity contribution in [3.05, 3.63) is 29.8 Å². The van der Waals surface area contributed by atoms with E-state index < -0.39 is 0 Å². The molecule has 2 saturated heterocycles. The number of hydrogen-bond donors (Lipinski definition) is 0. The van der Waals surface area contributed by atoms with Crippen molar-refractivity contribution in [3.8, 4) is 5.75 Å². The third-order valence-electron chi connectivity index (χ3n) is 5.44. The first-order valence-electron chi connectivity index (χ1n) is 9.37. The Morgan fingerprint density at radius 1 is 1.19 bits per heavy atom. The highest BCUT2D eigenvalue weighted by molar-refractivity contribution is 5.85. The molecule has 142 valence electrons. The number of piperidine rings is 1. The molecule has 6 nitrogen and oxygen atoms in total. The molecule has 1 aromatic carbocycles. The molecular formula is C20H28N2O4. The second-order valence-electron chi connectivity index (χ2n) is 6.94. The molecule has 3 rings (SSSR count). The van der Waals surface area contributed by atoms with Gasteiger partial charge >= 0.3 is 0 Å². The topological polar surface area (TPSA) is 59.1 Å². The molecule has 2 atom stereocenters. The van der Waals surface area contributed by atoms with E-state index in [2.05, 4.69) is 0 Å². The van der Waals surface area contributed by atoms with E-state index >= 15 is 0 Å². The Morgan fingerprint density at radius 3 is 2.62 bits per heavy atom. The molecule has 1 aromatic rings. The summed E-state index contributed by atoms with van der Waals surface area (Å²) in [6, 6.07) is 7.38. The van der Waals surface area contributed by atoms with Crippen molar-refractivity contribution in [2.45, 2.75) is 31.7 Å². The van der Waals surface area contributed by atoms with Crippen LogP contribution in [0.3, 0.4) is 0 Å². The van der Waals surface area contributed by atoms with Gasteiger partial charge in [-0.05, 0) is 25.3 Å². The maximum Gasteiger partial charge on any atom is 0.228 e. The van der Waals surface area contributed by atoms with Crippen molar-refractivity contribution in [2.75, 3.05) is 40.5 Å². The SMILES string of the molecule is COCCN1C(=O)CC[C@@H](C(=O)N2CCCC2)[C@@H]1c1ccccc1OC. The van der Waals surface area contributed by atoms with Gasteiger partial charge < -0.3 is 19.3 Å². The van der Waals surface area contributed by atoms with Gasteiger partial charge in [0.2, 0.25) is 11.8 Å². The number of para-hydroxylation sites is 1. The number of amides is 2. The summed E-state index contributed by atoms with van der Waals surface area (Å²) in [4.78, 5) is 29.7. The number of rotatable bonds is 6. The predicted octanol–water partition coefficient (Wildman–Crippen LogP) is 2.24. The summed E-state index contributed by atoms with van der Waals surface area (Å²) in [6.07, 6.45) is 3.11. The summed E-state index contributed by atoms with van der Waals surface area (Å²) in [5.41, 5.74) is 0.900. The summed E-state index contributed by atoms with van der Waals surface area (Å²) in [5.74, 6) is 0.713. The minimum absolute atomic E-state index is 0.0726. The Morgan fingerprint density at radius 2 is 1.92 bits per heavy atom. The number of carbonyl (C=O) groups excluding carboxylic acids is 2. The van der Waals surface area contributed by atoms with Gasteiger partial charge in [0.05, 0.1) is 25.7 Å². The number of ether oxygens (including phenoxy) is 2. The van der Waals surface area contributed by atoms with Crippen molar-refractivity contribution >= 4 is 11.8 Å². The molecule has 6 heteroatoms. The number of hydrogen-bond acceptors (Lipinski definition) is 4. The minimum Gasteiger partial charge on any atom is -0.496 e. The lowest BCUT2D eigenvalue weighted by Gasteiger charge is -2.42. The smallest absolute Gasteiger partial charge is 0.228 e. The molecule has 2 aliphatic rings. The lowest BCUT2D eigenvalue weighted by Crippen LogP contribution is -2.49. The van der Waals surface area contributed by atoms with Gasteiger partial charge in [-0.15, -0.1) is 0 Å². The van der Waals surface area contributed by atoms with Crippen molar-refractivity contribution in [1.82, 2.24) is 9.80 Å². The van der Waals surface area contributed by atoms with E-state index in [-0.39, 0.29) is 23.8 Å². The summed E-state index contributed by atoms with van der Waals surface area (Å²) in [7, 11) is 3.25. The van der Waals surface area contributed by atoms with Crippen LogP contribution < -0.4 is 4.74 Å². The van der Waals surface area contributed by atoms with Gasteiger partial charge in [0.25, 0.3) is 0 Å². The second kappa shape index (κ2) is 8.54. The molecule has 0 aliphatic carbocycles. The van der Waals surface area contributed by atoms with Crippen LogP contribution in [0.4, 0.5) is 0 Å². The molecule has 0 N–H and O–H groups in total. The van der Waals surface area contributed by atoms with Crippen LogP contribution in [0.2, 0.25) is 0 Å². The van der Waals surface area contributed by atoms with Crippen LogP contribution in [0, 0.1) is 5.92 Å². The molecule has 2 aliphatic heterocycles. The number of benzene rings is 1. The lowest BCUT2D eigenvalue weighted by atomic mass is 9.82. The van der Waals surface area contributed by atoms with E-state index in [1.807, 2.05) is 34.1 Å². The van der Waals surface area contributed by atoms with Gasteiger partial charge in [-0.1, -0.05) is 18.2 Å². The van der Waals surface area contributed by atoms with Crippen LogP contribution >= 0.6 is 0 Å². The number of carbonyl (C=O) groups is 2. The number of nitrogens with zero attached hydrogens (tertiary/aromatic N) is 2. The highest BCUT2D eigenvalue weighted by Crippen LogP contribution is 2.41. The molecule has 0 bridgehead atoms. The van der Waals surface area contributed by atoms with Crippen LogP contribution in [0.25, 0.3) is 0 Å². The zero-order valence-corrected chi connectivity index (χ0v) is 15.6. The molecule has 0 spiro atoms. The van der Waals surface area contributed by atoms with E-state index in [9.17, 15) is 9.59 Å². The van der Waals surface area contributed by atoms with E-state index in [1.165, 1.54) is 0 Å². The second-order valence-corrected chi connectivity index (χ2v) is 6.94. The average molecular weight is 360 g/mol. The Kier molecular flexibility index (Phi) is 6.14. The molecule has 0 saturated carbocycles. The maximum absolute atomic E-state index is 13.2. The van der Waals surface area contributed by atoms with E-state index in [1.54, 1.807) is 14.2 Å². The van der Waals surface area contributed by atoms with Gasteiger partial charge in [-0.3, -0.25) is 9.59 Å². The fraction of sp³-hybridized carbons (Fsp3) is 0.600. The normalized spacial score (nSPS) is 23.4. The van der Waals surface area contributed by atoms with Gasteiger partial charge in [0, 0.05) is 38.7 Å². The van der Waals surface area contributed by atoms with E-state index in [0.29, 0.717) is 31.7 Å². The van der Waals surface area contributed by atoms with E-state index in [4.69, 9.17) is 9.47 Å². The monoisotopic (exact) mass is 360 g/mol. The maximum atomic E-state index is 13.2. The zero-order valence-electron chi connectivity index (χ0n) is 15.6. The Hall–Kier alpha value is -2.08. The van der Waals surface area contributed by atoms with E-state index in [0.717, 1.165) is 31.5 Å². The van der Waals surface area contributed by atoms with Crippen LogP contribution in [0.15, 0.2) is 24.3 Å². The standard InChI is InChI=1S/C20H28N2O4/c1-25-14-13-22-18(23)10-9-16(20(24)21-11-5-6-12-21)19(22)15-7-3-4-8-17(15)26-2/h3-4,7-8,16,19H,5-6,9-14H2,1-2H3/t16-,19+/m1/s1. The Labute approximate surface area is 155 Å². The molecule has 26 heavy (non-hydrogen) atoms. The highest BCUT2D eigenvalue weighted by Gasteiger charge is 2.43. The molecule has 0 unspecified atom stereocenters. The quantitative estimate of drug-likeness (QED) is 0.781. The molecule has 2 fully saturated rings. The van der Waals surface area contributed by atoms with Crippen molar-refractivity contribution < 1.29 is 19.1 Å². The Bertz CT molecular complexity index is 642. The molecule has 2 amide bonds. The Balaban J connectivity index is 1.98. The lowest BCUT2D eigenvalue weighted by molar-refractivity contribution is -0.148. The van der Waals surface area contributed by atoms with Crippen LogP contribution in [0.1, 0.15) is 37.3 Å². The first-order valence-corrected chi connectivity index (χ1v) is 9.37. The summed E-state index contributed by atoms with van der Waals surface area (Å²) < 4.78 is 10.8. The first-order chi connectivity index (χ1) is 12.7. The molecule has 2 heterocycles. The summed E-state index contributed by atoms with van der Waals surface area (Å²) >= 11 is 0. The molecular weight excluding hydrogens is 332 g/mol. The number of likely N-dealkylation sites (tertiary alicyclic amines) is 2. The average Bonchev–Trinajstić information content (AvgIpc) is 3.21. The fourth-order valence-electron chi connectivity index (χ4n) is 4.13. The number of methoxy groups -OCH3 is 2. The van der Waals surface area contributed by atoms with Crippen LogP contribution in [-0.2, 0) is 14.3 Å². The van der Waals surface area contributed by atoms with Crippen LogP contribution in [-0.4, -0.2) is 62.1 Å².